The lowest BCUT2D eigenvalue weighted by molar-refractivity contribution is -0.0734. The van der Waals surface area contributed by atoms with E-state index in [0.717, 1.165) is 44.4 Å². The molecule has 2 heterocycles. The minimum atomic E-state index is -0.390. The highest BCUT2D eigenvalue weighted by molar-refractivity contribution is 5.27. The van der Waals surface area contributed by atoms with Gasteiger partial charge in [-0.3, -0.25) is 4.98 Å². The van der Waals surface area contributed by atoms with Crippen LogP contribution in [0.1, 0.15) is 49.3 Å². The molecule has 2 aliphatic rings. The Balaban J connectivity index is 1.80. The summed E-state index contributed by atoms with van der Waals surface area (Å²) in [7, 11) is 0. The zero-order chi connectivity index (χ0) is 12.4. The van der Waals surface area contributed by atoms with Gasteiger partial charge in [-0.2, -0.15) is 0 Å². The van der Waals surface area contributed by atoms with Crippen LogP contribution in [0, 0.1) is 0 Å². The highest BCUT2D eigenvalue weighted by atomic mass is 16.5. The molecule has 1 aromatic heterocycles. The molecule has 18 heavy (non-hydrogen) atoms. The zero-order valence-electron chi connectivity index (χ0n) is 10.7. The van der Waals surface area contributed by atoms with E-state index in [2.05, 4.69) is 11.1 Å². The first kappa shape index (κ1) is 12.1. The maximum absolute atomic E-state index is 10.6. The predicted molar refractivity (Wildman–Crippen MR) is 69.5 cm³/mol. The van der Waals surface area contributed by atoms with Crippen molar-refractivity contribution in [3.63, 3.8) is 0 Å². The number of ether oxygens (including phenoxy) is 1. The van der Waals surface area contributed by atoms with Crippen molar-refractivity contribution in [2.75, 3.05) is 6.61 Å². The van der Waals surface area contributed by atoms with Gasteiger partial charge in [0, 0.05) is 24.4 Å². The van der Waals surface area contributed by atoms with Crippen LogP contribution in [0.25, 0.3) is 0 Å². The molecule has 0 radical (unpaired) electrons. The van der Waals surface area contributed by atoms with E-state index in [9.17, 15) is 5.11 Å². The molecule has 0 aromatic carbocycles. The van der Waals surface area contributed by atoms with Crippen molar-refractivity contribution >= 4 is 0 Å². The average molecular weight is 247 g/mol. The Morgan fingerprint density at radius 2 is 2.22 bits per heavy atom. The molecule has 1 aliphatic carbocycles. The van der Waals surface area contributed by atoms with Crippen LogP contribution >= 0.6 is 0 Å². The van der Waals surface area contributed by atoms with E-state index in [1.165, 1.54) is 12.0 Å². The van der Waals surface area contributed by atoms with Gasteiger partial charge >= 0.3 is 0 Å². The lowest BCUT2D eigenvalue weighted by atomic mass is 9.80. The van der Waals surface area contributed by atoms with Crippen molar-refractivity contribution in [2.45, 2.75) is 56.7 Å². The monoisotopic (exact) mass is 247 g/mol. The lowest BCUT2D eigenvalue weighted by Gasteiger charge is -2.34. The molecular formula is C15H21NO2. The molecule has 1 N–H and O–H groups in total. The van der Waals surface area contributed by atoms with Crippen LogP contribution in [0.5, 0.6) is 0 Å². The third-order valence-electron chi connectivity index (χ3n) is 4.25. The largest absolute Gasteiger partial charge is 0.390 e. The van der Waals surface area contributed by atoms with Gasteiger partial charge in [-0.1, -0.05) is 6.07 Å². The Morgan fingerprint density at radius 3 is 3.06 bits per heavy atom. The van der Waals surface area contributed by atoms with Crippen LogP contribution in [0.4, 0.5) is 0 Å². The lowest BCUT2D eigenvalue weighted by Crippen LogP contribution is -2.38. The Kier molecular flexibility index (Phi) is 3.62. The quantitative estimate of drug-likeness (QED) is 0.872. The van der Waals surface area contributed by atoms with Crippen LogP contribution in [0.15, 0.2) is 18.3 Å². The fourth-order valence-electron chi connectivity index (χ4n) is 3.27. The van der Waals surface area contributed by atoms with E-state index in [1.54, 1.807) is 0 Å². The summed E-state index contributed by atoms with van der Waals surface area (Å²) in [6, 6.07) is 4.13. The SMILES string of the molecule is OC(C1CCCCO1)C1CCCc2cccnc21. The number of pyridine rings is 1. The van der Waals surface area contributed by atoms with Crippen LogP contribution in [-0.4, -0.2) is 28.9 Å². The van der Waals surface area contributed by atoms with Crippen molar-refractivity contribution in [2.24, 2.45) is 0 Å². The number of nitrogens with zero attached hydrogens (tertiary/aromatic N) is 1. The number of aliphatic hydroxyl groups is 1. The van der Waals surface area contributed by atoms with Gasteiger partial charge in [-0.15, -0.1) is 0 Å². The van der Waals surface area contributed by atoms with Crippen molar-refractivity contribution in [1.29, 1.82) is 0 Å². The summed E-state index contributed by atoms with van der Waals surface area (Å²) in [5.74, 6) is 0.165. The van der Waals surface area contributed by atoms with Crippen molar-refractivity contribution < 1.29 is 9.84 Å². The normalized spacial score (nSPS) is 29.6. The molecule has 1 aromatic rings. The molecule has 3 unspecified atom stereocenters. The summed E-state index contributed by atoms with van der Waals surface area (Å²) in [4.78, 5) is 4.50. The minimum absolute atomic E-state index is 0.0108. The van der Waals surface area contributed by atoms with Crippen LogP contribution in [0.2, 0.25) is 0 Å². The Morgan fingerprint density at radius 1 is 1.28 bits per heavy atom. The molecule has 3 rings (SSSR count). The van der Waals surface area contributed by atoms with Gasteiger partial charge in [-0.05, 0) is 50.2 Å². The predicted octanol–water partition coefficient (Wildman–Crippen LogP) is 2.43. The smallest absolute Gasteiger partial charge is 0.0885 e. The fraction of sp³-hybridized carbons (Fsp3) is 0.667. The second-order valence-electron chi connectivity index (χ2n) is 5.44. The van der Waals surface area contributed by atoms with Gasteiger partial charge in [0.25, 0.3) is 0 Å². The molecule has 0 bridgehead atoms. The summed E-state index contributed by atoms with van der Waals surface area (Å²) in [6.45, 7) is 0.795. The Bertz CT molecular complexity index is 401. The third kappa shape index (κ3) is 2.29. The molecule has 0 amide bonds. The maximum atomic E-state index is 10.6. The minimum Gasteiger partial charge on any atom is -0.390 e. The van der Waals surface area contributed by atoms with Crippen LogP contribution < -0.4 is 0 Å². The molecule has 3 heteroatoms. The molecule has 0 spiro atoms. The van der Waals surface area contributed by atoms with E-state index in [-0.39, 0.29) is 18.1 Å². The van der Waals surface area contributed by atoms with Gasteiger partial charge in [0.1, 0.15) is 0 Å². The van der Waals surface area contributed by atoms with Crippen molar-refractivity contribution in [3.05, 3.63) is 29.6 Å². The first-order valence-corrected chi connectivity index (χ1v) is 7.10. The summed E-state index contributed by atoms with van der Waals surface area (Å²) in [6.07, 6.45) is 8.02. The highest BCUT2D eigenvalue weighted by Crippen LogP contribution is 2.35. The summed E-state index contributed by atoms with van der Waals surface area (Å²) >= 11 is 0. The molecule has 3 nitrogen and oxygen atoms in total. The van der Waals surface area contributed by atoms with Gasteiger partial charge in [0.15, 0.2) is 0 Å². The van der Waals surface area contributed by atoms with Gasteiger partial charge in [0.05, 0.1) is 12.2 Å². The van der Waals surface area contributed by atoms with E-state index in [0.29, 0.717) is 0 Å². The highest BCUT2D eigenvalue weighted by Gasteiger charge is 2.34. The van der Waals surface area contributed by atoms with Crippen molar-refractivity contribution in [1.82, 2.24) is 4.98 Å². The van der Waals surface area contributed by atoms with Crippen LogP contribution in [0.3, 0.4) is 0 Å². The number of fused-ring (bicyclic) bond motifs is 1. The summed E-state index contributed by atoms with van der Waals surface area (Å²) < 4.78 is 5.73. The van der Waals surface area contributed by atoms with Crippen molar-refractivity contribution in [3.8, 4) is 0 Å². The second-order valence-corrected chi connectivity index (χ2v) is 5.44. The molecule has 1 aliphatic heterocycles. The van der Waals surface area contributed by atoms with Gasteiger partial charge < -0.3 is 9.84 Å². The molecule has 98 valence electrons. The second kappa shape index (κ2) is 5.37. The molecule has 1 fully saturated rings. The fourth-order valence-corrected chi connectivity index (χ4v) is 3.27. The summed E-state index contributed by atoms with van der Waals surface area (Å²) in [5.41, 5.74) is 2.41. The maximum Gasteiger partial charge on any atom is 0.0885 e. The number of aryl methyl sites for hydroxylation is 1. The number of aliphatic hydroxyl groups excluding tert-OH is 1. The number of hydrogen-bond acceptors (Lipinski definition) is 3. The first-order chi connectivity index (χ1) is 8.86. The van der Waals surface area contributed by atoms with E-state index in [1.807, 2.05) is 12.3 Å². The summed E-state index contributed by atoms with van der Waals surface area (Å²) in [5, 5.41) is 10.6. The molecular weight excluding hydrogens is 226 g/mol. The van der Waals surface area contributed by atoms with E-state index >= 15 is 0 Å². The Hall–Kier alpha value is -0.930. The topological polar surface area (TPSA) is 42.4 Å². The van der Waals surface area contributed by atoms with Gasteiger partial charge in [-0.25, -0.2) is 0 Å². The zero-order valence-corrected chi connectivity index (χ0v) is 10.7. The number of rotatable bonds is 2. The molecule has 1 saturated heterocycles. The van der Waals surface area contributed by atoms with Crippen LogP contribution in [-0.2, 0) is 11.2 Å². The van der Waals surface area contributed by atoms with E-state index < -0.39 is 0 Å². The number of hydrogen-bond donors (Lipinski definition) is 1. The molecule has 3 atom stereocenters. The molecule has 0 saturated carbocycles. The third-order valence-corrected chi connectivity index (χ3v) is 4.25. The van der Waals surface area contributed by atoms with E-state index in [4.69, 9.17) is 4.74 Å². The average Bonchev–Trinajstić information content (AvgIpc) is 2.47. The standard InChI is InChI=1S/C15H21NO2/c17-15(13-8-1-2-10-18-13)12-7-3-5-11-6-4-9-16-14(11)12/h4,6,9,12-13,15,17H,1-3,5,7-8,10H2. The number of aromatic nitrogens is 1. The Labute approximate surface area is 108 Å². The van der Waals surface area contributed by atoms with Gasteiger partial charge in [0.2, 0.25) is 0 Å². The first-order valence-electron chi connectivity index (χ1n) is 7.10.